The summed E-state index contributed by atoms with van der Waals surface area (Å²) >= 11 is 10.8. The molecule has 0 N–H and O–H groups in total. The monoisotopic (exact) mass is 560 g/mol. The molecule has 0 saturated heterocycles. The maximum Gasteiger partial charge on any atom is 0.213 e. The summed E-state index contributed by atoms with van der Waals surface area (Å²) in [6.07, 6.45) is 0.577. The van der Waals surface area contributed by atoms with Gasteiger partial charge in [0.1, 0.15) is 5.75 Å². The van der Waals surface area contributed by atoms with Crippen LogP contribution >= 0.6 is 47.8 Å². The predicted molar refractivity (Wildman–Crippen MR) is 122 cm³/mol. The molecule has 0 amide bonds. The molecule has 2 heterocycles. The molecule has 0 aliphatic carbocycles. The van der Waals surface area contributed by atoms with Gasteiger partial charge in [0.2, 0.25) is 6.23 Å². The summed E-state index contributed by atoms with van der Waals surface area (Å²) in [7, 11) is 0. The van der Waals surface area contributed by atoms with Crippen LogP contribution < -0.4 is 4.74 Å². The van der Waals surface area contributed by atoms with E-state index >= 15 is 0 Å². The van der Waals surface area contributed by atoms with E-state index in [1.54, 1.807) is 0 Å². The van der Waals surface area contributed by atoms with Crippen LogP contribution in [0.5, 0.6) is 5.75 Å². The Kier molecular flexibility index (Phi) is 4.81. The van der Waals surface area contributed by atoms with Gasteiger partial charge in [0, 0.05) is 26.5 Å². The second-order valence-corrected chi connectivity index (χ2v) is 9.53. The van der Waals surface area contributed by atoms with Gasteiger partial charge in [-0.2, -0.15) is 5.10 Å². The number of hydrazone groups is 1. The van der Waals surface area contributed by atoms with E-state index in [2.05, 4.69) is 95.3 Å². The molecule has 28 heavy (non-hydrogen) atoms. The van der Waals surface area contributed by atoms with Gasteiger partial charge in [0.15, 0.2) is 0 Å². The van der Waals surface area contributed by atoms with Crippen molar-refractivity contribution in [2.75, 3.05) is 0 Å². The number of benzene rings is 3. The Morgan fingerprint density at radius 2 is 1.64 bits per heavy atom. The minimum atomic E-state index is -0.260. The van der Waals surface area contributed by atoms with Crippen molar-refractivity contribution in [3.05, 3.63) is 96.8 Å². The molecule has 0 fully saturated rings. The molecule has 5 rings (SSSR count). The third kappa shape index (κ3) is 3.21. The second kappa shape index (κ2) is 7.32. The molecule has 0 spiro atoms. The standard InChI is InChI=1S/C22H15Br3N2O/c23-15-8-6-13(7-9-15)19-12-20-17-10-16(24)11-18(25)21(17)28-22(27(20)26-19)14-4-2-1-3-5-14/h1-11,20,22H,12H2/t20-,22-/m1/s1. The smallest absolute Gasteiger partial charge is 0.213 e. The largest absolute Gasteiger partial charge is 0.463 e. The fourth-order valence-corrected chi connectivity index (χ4v) is 5.39. The Bertz CT molecular complexity index is 1070. The van der Waals surface area contributed by atoms with Crippen LogP contribution in [0.4, 0.5) is 0 Å². The van der Waals surface area contributed by atoms with Gasteiger partial charge >= 0.3 is 0 Å². The summed E-state index contributed by atoms with van der Waals surface area (Å²) in [4.78, 5) is 0. The number of rotatable bonds is 2. The molecule has 2 aliphatic heterocycles. The van der Waals surface area contributed by atoms with Crippen LogP contribution in [0.15, 0.2) is 85.2 Å². The first-order chi connectivity index (χ1) is 13.6. The van der Waals surface area contributed by atoms with E-state index in [1.165, 1.54) is 0 Å². The van der Waals surface area contributed by atoms with Gasteiger partial charge in [-0.25, -0.2) is 5.01 Å². The lowest BCUT2D eigenvalue weighted by molar-refractivity contribution is -0.0197. The van der Waals surface area contributed by atoms with Gasteiger partial charge in [-0.15, -0.1) is 0 Å². The average Bonchev–Trinajstić information content (AvgIpc) is 3.14. The molecular formula is C22H15Br3N2O. The Labute approximate surface area is 188 Å². The highest BCUT2D eigenvalue weighted by Gasteiger charge is 2.41. The highest BCUT2D eigenvalue weighted by Crippen LogP contribution is 2.50. The molecule has 3 nitrogen and oxygen atoms in total. The molecule has 2 aliphatic rings. The number of nitrogens with zero attached hydrogens (tertiary/aromatic N) is 2. The molecule has 0 bridgehead atoms. The van der Waals surface area contributed by atoms with Gasteiger partial charge in [0.25, 0.3) is 0 Å². The molecule has 3 aromatic rings. The van der Waals surface area contributed by atoms with Crippen LogP contribution in [0, 0.1) is 0 Å². The molecule has 0 radical (unpaired) electrons. The van der Waals surface area contributed by atoms with E-state index in [1.807, 2.05) is 24.3 Å². The van der Waals surface area contributed by atoms with E-state index in [0.29, 0.717) is 0 Å². The van der Waals surface area contributed by atoms with Crippen molar-refractivity contribution in [1.82, 2.24) is 5.01 Å². The number of hydrogen-bond donors (Lipinski definition) is 0. The molecule has 0 aromatic heterocycles. The SMILES string of the molecule is Brc1ccc(C2=NN3[C@H](C2)c2cc(Br)cc(Br)c2O[C@@H]3c2ccccc2)cc1. The fraction of sp³-hybridized carbons (Fsp3) is 0.136. The Morgan fingerprint density at radius 1 is 0.893 bits per heavy atom. The summed E-state index contributed by atoms with van der Waals surface area (Å²) in [5.74, 6) is 0.894. The number of ether oxygens (including phenoxy) is 1. The van der Waals surface area contributed by atoms with Crippen molar-refractivity contribution in [2.45, 2.75) is 18.7 Å². The van der Waals surface area contributed by atoms with Crippen LogP contribution in [0.25, 0.3) is 0 Å². The lowest BCUT2D eigenvalue weighted by Crippen LogP contribution is -2.33. The number of fused-ring (bicyclic) bond motifs is 3. The van der Waals surface area contributed by atoms with Crippen LogP contribution in [-0.2, 0) is 0 Å². The Hall–Kier alpha value is -1.63. The maximum atomic E-state index is 6.46. The van der Waals surface area contributed by atoms with E-state index in [9.17, 15) is 0 Å². The summed E-state index contributed by atoms with van der Waals surface area (Å²) < 4.78 is 9.51. The average molecular weight is 563 g/mol. The van der Waals surface area contributed by atoms with Crippen LogP contribution in [0.1, 0.15) is 35.4 Å². The zero-order valence-corrected chi connectivity index (χ0v) is 19.4. The van der Waals surface area contributed by atoms with Crippen molar-refractivity contribution in [3.63, 3.8) is 0 Å². The minimum Gasteiger partial charge on any atom is -0.463 e. The van der Waals surface area contributed by atoms with Crippen LogP contribution in [-0.4, -0.2) is 10.7 Å². The topological polar surface area (TPSA) is 24.8 Å². The minimum absolute atomic E-state index is 0.126. The van der Waals surface area contributed by atoms with Crippen molar-refractivity contribution < 1.29 is 4.74 Å². The third-order valence-corrected chi connectivity index (χ3v) is 6.65. The Balaban J connectivity index is 1.63. The lowest BCUT2D eigenvalue weighted by atomic mass is 9.96. The molecule has 140 valence electrons. The number of hydrogen-bond acceptors (Lipinski definition) is 3. The normalized spacial score (nSPS) is 20.2. The molecule has 0 unspecified atom stereocenters. The zero-order valence-electron chi connectivity index (χ0n) is 14.6. The predicted octanol–water partition coefficient (Wildman–Crippen LogP) is 7.22. The first-order valence-corrected chi connectivity index (χ1v) is 11.3. The van der Waals surface area contributed by atoms with Crippen molar-refractivity contribution in [3.8, 4) is 5.75 Å². The van der Waals surface area contributed by atoms with Gasteiger partial charge in [-0.3, -0.25) is 0 Å². The first kappa shape index (κ1) is 18.4. The van der Waals surface area contributed by atoms with E-state index in [-0.39, 0.29) is 12.3 Å². The quantitative estimate of drug-likeness (QED) is 0.329. The van der Waals surface area contributed by atoms with Gasteiger partial charge in [-0.05, 0) is 45.8 Å². The molecule has 6 heteroatoms. The lowest BCUT2D eigenvalue weighted by Gasteiger charge is -2.38. The highest BCUT2D eigenvalue weighted by atomic mass is 79.9. The third-order valence-electron chi connectivity index (χ3n) is 5.07. The summed E-state index contributed by atoms with van der Waals surface area (Å²) in [6.45, 7) is 0. The summed E-state index contributed by atoms with van der Waals surface area (Å²) in [6, 6.07) is 22.9. The van der Waals surface area contributed by atoms with Crippen LogP contribution in [0.3, 0.4) is 0 Å². The van der Waals surface area contributed by atoms with Gasteiger partial charge in [0.05, 0.1) is 16.2 Å². The van der Waals surface area contributed by atoms with Crippen molar-refractivity contribution >= 4 is 53.5 Å². The van der Waals surface area contributed by atoms with Crippen molar-refractivity contribution in [2.24, 2.45) is 5.10 Å². The first-order valence-electron chi connectivity index (χ1n) is 8.92. The molecule has 3 aromatic carbocycles. The van der Waals surface area contributed by atoms with E-state index in [0.717, 1.165) is 48.0 Å². The highest BCUT2D eigenvalue weighted by molar-refractivity contribution is 9.11. The van der Waals surface area contributed by atoms with Crippen molar-refractivity contribution in [1.29, 1.82) is 0 Å². The summed E-state index contributed by atoms with van der Waals surface area (Å²) in [5, 5.41) is 7.11. The van der Waals surface area contributed by atoms with E-state index < -0.39 is 0 Å². The number of halogens is 3. The maximum absolute atomic E-state index is 6.46. The zero-order chi connectivity index (χ0) is 19.3. The van der Waals surface area contributed by atoms with Gasteiger partial charge in [-0.1, -0.05) is 74.3 Å². The second-order valence-electron chi connectivity index (χ2n) is 6.84. The molecular weight excluding hydrogens is 548 g/mol. The van der Waals surface area contributed by atoms with Crippen LogP contribution in [0.2, 0.25) is 0 Å². The summed E-state index contributed by atoms with van der Waals surface area (Å²) in [5.41, 5.74) is 4.45. The van der Waals surface area contributed by atoms with Gasteiger partial charge < -0.3 is 4.74 Å². The fourth-order valence-electron chi connectivity index (χ4n) is 3.77. The Morgan fingerprint density at radius 3 is 2.39 bits per heavy atom. The molecule has 0 saturated carbocycles. The van der Waals surface area contributed by atoms with E-state index in [4.69, 9.17) is 9.84 Å². The molecule has 2 atom stereocenters.